The second kappa shape index (κ2) is 3.00. The third-order valence-electron chi connectivity index (χ3n) is 3.34. The second-order valence-corrected chi connectivity index (χ2v) is 4.13. The Balaban J connectivity index is 2.21. The lowest BCUT2D eigenvalue weighted by molar-refractivity contribution is 0.470. The van der Waals surface area contributed by atoms with Gasteiger partial charge in [-0.3, -0.25) is 0 Å². The molecule has 1 unspecified atom stereocenters. The Kier molecular flexibility index (Phi) is 2.02. The molecular formula is C11H18. The Labute approximate surface area is 69.7 Å². The normalized spacial score (nSPS) is 31.9. The second-order valence-electron chi connectivity index (χ2n) is 4.13. The molecule has 0 N–H and O–H groups in total. The minimum absolute atomic E-state index is 0.930. The quantitative estimate of drug-likeness (QED) is 0.462. The van der Waals surface area contributed by atoms with E-state index >= 15 is 0 Å². The van der Waals surface area contributed by atoms with Crippen molar-refractivity contribution < 1.29 is 0 Å². The lowest BCUT2D eigenvalue weighted by Gasteiger charge is -2.29. The zero-order chi connectivity index (χ0) is 7.68. The van der Waals surface area contributed by atoms with Crippen molar-refractivity contribution in [2.45, 2.75) is 51.9 Å². The van der Waals surface area contributed by atoms with Gasteiger partial charge in [0.1, 0.15) is 0 Å². The molecule has 0 heteroatoms. The van der Waals surface area contributed by atoms with Crippen molar-refractivity contribution in [2.75, 3.05) is 0 Å². The molecule has 0 aromatic heterocycles. The van der Waals surface area contributed by atoms with Crippen molar-refractivity contribution >= 4 is 0 Å². The van der Waals surface area contributed by atoms with Crippen LogP contribution in [0.4, 0.5) is 0 Å². The molecule has 0 fully saturated rings. The zero-order valence-electron chi connectivity index (χ0n) is 7.53. The smallest absolute Gasteiger partial charge is 0.0229 e. The number of hydrogen-bond acceptors (Lipinski definition) is 0. The van der Waals surface area contributed by atoms with E-state index in [0.717, 1.165) is 5.92 Å². The van der Waals surface area contributed by atoms with E-state index in [9.17, 15) is 0 Å². The maximum absolute atomic E-state index is 2.42. The summed E-state index contributed by atoms with van der Waals surface area (Å²) in [6.45, 7) is 2.42. The van der Waals surface area contributed by atoms with Crippen LogP contribution in [0, 0.1) is 5.92 Å². The minimum Gasteiger partial charge on any atom is -0.0707 e. The van der Waals surface area contributed by atoms with Gasteiger partial charge in [-0.2, -0.15) is 0 Å². The molecule has 2 aliphatic rings. The molecule has 0 spiro atoms. The van der Waals surface area contributed by atoms with E-state index in [-0.39, 0.29) is 0 Å². The van der Waals surface area contributed by atoms with Gasteiger partial charge >= 0.3 is 0 Å². The topological polar surface area (TPSA) is 0 Å². The Hall–Kier alpha value is -0.260. The van der Waals surface area contributed by atoms with Crippen LogP contribution in [0.2, 0.25) is 0 Å². The standard InChI is InChI=1S/C11H18/c1-9-5-4-7-10-6-2-3-8-11(9)10/h9H,2-8H2,1H3. The average Bonchev–Trinajstić information content (AvgIpc) is 2.06. The molecule has 0 amide bonds. The summed E-state index contributed by atoms with van der Waals surface area (Å²) < 4.78 is 0. The highest BCUT2D eigenvalue weighted by Crippen LogP contribution is 2.38. The molecule has 0 aliphatic heterocycles. The van der Waals surface area contributed by atoms with E-state index in [1.807, 2.05) is 11.1 Å². The van der Waals surface area contributed by atoms with Crippen LogP contribution in [0.5, 0.6) is 0 Å². The molecule has 0 nitrogen and oxygen atoms in total. The first kappa shape index (κ1) is 7.39. The summed E-state index contributed by atoms with van der Waals surface area (Å²) >= 11 is 0. The fourth-order valence-electron chi connectivity index (χ4n) is 2.67. The van der Waals surface area contributed by atoms with Gasteiger partial charge in [-0.15, -0.1) is 0 Å². The Morgan fingerprint density at radius 3 is 2.55 bits per heavy atom. The predicted octanol–water partition coefficient (Wildman–Crippen LogP) is 3.68. The van der Waals surface area contributed by atoms with Crippen LogP contribution in [0.15, 0.2) is 11.1 Å². The monoisotopic (exact) mass is 150 g/mol. The number of allylic oxidation sites excluding steroid dienone is 2. The van der Waals surface area contributed by atoms with Gasteiger partial charge in [-0.1, -0.05) is 18.1 Å². The molecule has 0 saturated heterocycles. The van der Waals surface area contributed by atoms with Crippen molar-refractivity contribution in [2.24, 2.45) is 5.92 Å². The van der Waals surface area contributed by atoms with Gasteiger partial charge in [0.15, 0.2) is 0 Å². The van der Waals surface area contributed by atoms with Gasteiger partial charge in [0.05, 0.1) is 0 Å². The molecule has 11 heavy (non-hydrogen) atoms. The lowest BCUT2D eigenvalue weighted by atomic mass is 9.77. The van der Waals surface area contributed by atoms with E-state index in [1.165, 1.54) is 44.9 Å². The number of hydrogen-bond donors (Lipinski definition) is 0. The lowest BCUT2D eigenvalue weighted by Crippen LogP contribution is -2.12. The van der Waals surface area contributed by atoms with Gasteiger partial charge < -0.3 is 0 Å². The molecule has 1 atom stereocenters. The summed E-state index contributed by atoms with van der Waals surface area (Å²) in [5.41, 5.74) is 3.69. The highest BCUT2D eigenvalue weighted by atomic mass is 14.3. The van der Waals surface area contributed by atoms with E-state index in [4.69, 9.17) is 0 Å². The summed E-state index contributed by atoms with van der Waals surface area (Å²) in [6.07, 6.45) is 10.1. The highest BCUT2D eigenvalue weighted by Gasteiger charge is 2.21. The first-order valence-electron chi connectivity index (χ1n) is 5.08. The molecule has 0 heterocycles. The molecule has 0 aromatic rings. The van der Waals surface area contributed by atoms with Crippen molar-refractivity contribution in [3.8, 4) is 0 Å². The minimum atomic E-state index is 0.930. The fraction of sp³-hybridized carbons (Fsp3) is 0.818. The maximum atomic E-state index is 2.42. The van der Waals surface area contributed by atoms with Gasteiger partial charge in [0.2, 0.25) is 0 Å². The average molecular weight is 150 g/mol. The van der Waals surface area contributed by atoms with Crippen LogP contribution >= 0.6 is 0 Å². The highest BCUT2D eigenvalue weighted by molar-refractivity contribution is 5.21. The maximum Gasteiger partial charge on any atom is -0.0229 e. The van der Waals surface area contributed by atoms with Crippen molar-refractivity contribution in [1.82, 2.24) is 0 Å². The first-order chi connectivity index (χ1) is 5.38. The summed E-state index contributed by atoms with van der Waals surface area (Å²) in [5.74, 6) is 0.930. The first-order valence-corrected chi connectivity index (χ1v) is 5.08. The van der Waals surface area contributed by atoms with Crippen LogP contribution in [0.25, 0.3) is 0 Å². The third kappa shape index (κ3) is 1.36. The molecule has 0 saturated carbocycles. The molecule has 2 rings (SSSR count). The van der Waals surface area contributed by atoms with Gasteiger partial charge in [0.25, 0.3) is 0 Å². The largest absolute Gasteiger partial charge is 0.0707 e. The predicted molar refractivity (Wildman–Crippen MR) is 48.5 cm³/mol. The van der Waals surface area contributed by atoms with E-state index in [0.29, 0.717) is 0 Å². The SMILES string of the molecule is CC1CCCC2=C1CCCC2. The Morgan fingerprint density at radius 1 is 1.00 bits per heavy atom. The van der Waals surface area contributed by atoms with Crippen LogP contribution in [-0.4, -0.2) is 0 Å². The summed E-state index contributed by atoms with van der Waals surface area (Å²) in [7, 11) is 0. The van der Waals surface area contributed by atoms with Crippen LogP contribution in [-0.2, 0) is 0 Å². The Bertz CT molecular complexity index is 172. The van der Waals surface area contributed by atoms with E-state index in [2.05, 4.69) is 6.92 Å². The summed E-state index contributed by atoms with van der Waals surface area (Å²) in [6, 6.07) is 0. The van der Waals surface area contributed by atoms with Crippen molar-refractivity contribution in [3.63, 3.8) is 0 Å². The molecule has 0 radical (unpaired) electrons. The number of rotatable bonds is 0. The van der Waals surface area contributed by atoms with Gasteiger partial charge in [-0.05, 0) is 50.9 Å². The van der Waals surface area contributed by atoms with Gasteiger partial charge in [0, 0.05) is 0 Å². The third-order valence-corrected chi connectivity index (χ3v) is 3.34. The molecule has 0 bridgehead atoms. The van der Waals surface area contributed by atoms with Gasteiger partial charge in [-0.25, -0.2) is 0 Å². The molecular weight excluding hydrogens is 132 g/mol. The van der Waals surface area contributed by atoms with Crippen LogP contribution < -0.4 is 0 Å². The zero-order valence-corrected chi connectivity index (χ0v) is 7.53. The fourth-order valence-corrected chi connectivity index (χ4v) is 2.67. The molecule has 62 valence electrons. The van der Waals surface area contributed by atoms with E-state index in [1.54, 1.807) is 0 Å². The Morgan fingerprint density at radius 2 is 1.73 bits per heavy atom. The summed E-state index contributed by atoms with van der Waals surface area (Å²) in [4.78, 5) is 0. The van der Waals surface area contributed by atoms with Crippen LogP contribution in [0.3, 0.4) is 0 Å². The van der Waals surface area contributed by atoms with Crippen molar-refractivity contribution in [3.05, 3.63) is 11.1 Å². The van der Waals surface area contributed by atoms with E-state index < -0.39 is 0 Å². The molecule has 0 aromatic carbocycles. The summed E-state index contributed by atoms with van der Waals surface area (Å²) in [5, 5.41) is 0. The van der Waals surface area contributed by atoms with Crippen LogP contribution in [0.1, 0.15) is 51.9 Å². The van der Waals surface area contributed by atoms with Crippen molar-refractivity contribution in [1.29, 1.82) is 0 Å². The molecule has 2 aliphatic carbocycles.